The van der Waals surface area contributed by atoms with Gasteiger partial charge >= 0.3 is 0 Å². The highest BCUT2D eigenvalue weighted by atomic mass is 17.1. The van der Waals surface area contributed by atoms with Crippen molar-refractivity contribution in [1.82, 2.24) is 0 Å². The fraction of sp³-hybridized carbons (Fsp3) is 0. The monoisotopic (exact) mass is 75.0 g/mol. The molecule has 0 aliphatic rings. The molecule has 0 spiro atoms. The number of hydrogen-bond donors (Lipinski definition) is 2. The van der Waals surface area contributed by atoms with Gasteiger partial charge in [-0.1, -0.05) is 0 Å². The fourth-order valence-corrected chi connectivity index (χ4v) is 0.0351. The molecular weight excluding hydrogens is 70.0 g/mol. The van der Waals surface area contributed by atoms with Crippen LogP contribution in [0, 0.1) is 0 Å². The van der Waals surface area contributed by atoms with E-state index in [1.54, 1.807) is 0 Å². The third kappa shape index (κ3) is 3.30. The van der Waals surface area contributed by atoms with E-state index in [0.717, 1.165) is 12.5 Å². The van der Waals surface area contributed by atoms with E-state index in [2.05, 4.69) is 10.6 Å². The Kier molecular flexibility index (Phi) is 2.84. The zero-order valence-electron chi connectivity index (χ0n) is 2.59. The zero-order chi connectivity index (χ0) is 4.12. The van der Waals surface area contributed by atoms with Crippen LogP contribution in [0.15, 0.2) is 12.5 Å². The first-order chi connectivity index (χ1) is 2.41. The van der Waals surface area contributed by atoms with Crippen molar-refractivity contribution in [2.24, 2.45) is 5.73 Å². The first-order valence-electron chi connectivity index (χ1n) is 1.08. The highest BCUT2D eigenvalue weighted by molar-refractivity contribution is 4.59. The molecule has 0 aromatic carbocycles. The largest absolute Gasteiger partial charge is 0.402 e. The van der Waals surface area contributed by atoms with Crippen LogP contribution in [0.1, 0.15) is 0 Å². The van der Waals surface area contributed by atoms with E-state index in [4.69, 9.17) is 5.26 Å². The van der Waals surface area contributed by atoms with Crippen LogP contribution in [0.4, 0.5) is 0 Å². The molecule has 0 unspecified atom stereocenters. The maximum Gasteiger partial charge on any atom is 0.144 e. The Morgan fingerprint density at radius 2 is 2.40 bits per heavy atom. The second-order valence-corrected chi connectivity index (χ2v) is 0.434. The van der Waals surface area contributed by atoms with E-state index in [9.17, 15) is 0 Å². The molecule has 3 N–H and O–H groups in total. The molecule has 3 heteroatoms. The summed E-state index contributed by atoms with van der Waals surface area (Å²) in [6.07, 6.45) is 2.04. The quantitative estimate of drug-likeness (QED) is 0.260. The van der Waals surface area contributed by atoms with Crippen LogP contribution in [0.5, 0.6) is 0 Å². The molecular formula is C2H5NO2. The normalized spacial score (nSPS) is 9.00. The summed E-state index contributed by atoms with van der Waals surface area (Å²) in [5, 5.41) is 7.40. The van der Waals surface area contributed by atoms with Gasteiger partial charge in [0, 0.05) is 6.20 Å². The third-order valence-electron chi connectivity index (χ3n) is 0.139. The van der Waals surface area contributed by atoms with E-state index in [-0.39, 0.29) is 0 Å². The molecule has 0 aromatic rings. The van der Waals surface area contributed by atoms with Gasteiger partial charge < -0.3 is 10.6 Å². The Bertz CT molecular complexity index is 34.6. The van der Waals surface area contributed by atoms with Gasteiger partial charge in [0.25, 0.3) is 0 Å². The summed E-state index contributed by atoms with van der Waals surface area (Å²) < 4.78 is 0. The molecule has 3 nitrogen and oxygen atoms in total. The molecule has 0 saturated carbocycles. The molecule has 5 heavy (non-hydrogen) atoms. The summed E-state index contributed by atoms with van der Waals surface area (Å²) in [5.74, 6) is 0. The van der Waals surface area contributed by atoms with Crippen molar-refractivity contribution in [3.8, 4) is 0 Å². The van der Waals surface area contributed by atoms with Crippen LogP contribution < -0.4 is 5.73 Å². The standard InChI is InChI=1S/C2H5NO2/c3-1-2-5-4/h1-2,4H,3H2/b2-1+. The first-order valence-corrected chi connectivity index (χ1v) is 1.08. The average molecular weight is 75.1 g/mol. The second-order valence-electron chi connectivity index (χ2n) is 0.434. The topological polar surface area (TPSA) is 55.5 Å². The summed E-state index contributed by atoms with van der Waals surface area (Å²) in [6.45, 7) is 0. The highest BCUT2D eigenvalue weighted by Gasteiger charge is 1.49. The first kappa shape index (κ1) is 4.30. The molecule has 0 rings (SSSR count). The molecule has 0 aliphatic carbocycles. The number of nitrogens with two attached hydrogens (primary N) is 1. The van der Waals surface area contributed by atoms with Crippen LogP contribution in [0.2, 0.25) is 0 Å². The van der Waals surface area contributed by atoms with Crippen molar-refractivity contribution in [1.29, 1.82) is 0 Å². The smallest absolute Gasteiger partial charge is 0.144 e. The van der Waals surface area contributed by atoms with Crippen molar-refractivity contribution in [3.63, 3.8) is 0 Å². The van der Waals surface area contributed by atoms with Crippen molar-refractivity contribution < 1.29 is 10.1 Å². The van der Waals surface area contributed by atoms with Crippen LogP contribution >= 0.6 is 0 Å². The van der Waals surface area contributed by atoms with Gasteiger partial charge in [-0.2, -0.15) is 0 Å². The maximum atomic E-state index is 7.40. The van der Waals surface area contributed by atoms with Crippen LogP contribution in [-0.4, -0.2) is 5.26 Å². The summed E-state index contributed by atoms with van der Waals surface area (Å²) >= 11 is 0. The molecule has 0 atom stereocenters. The Morgan fingerprint density at radius 1 is 1.80 bits per heavy atom. The van der Waals surface area contributed by atoms with E-state index in [1.807, 2.05) is 0 Å². The molecule has 0 aromatic heterocycles. The van der Waals surface area contributed by atoms with Crippen LogP contribution in [0.3, 0.4) is 0 Å². The zero-order valence-corrected chi connectivity index (χ0v) is 2.59. The lowest BCUT2D eigenvalue weighted by Crippen LogP contribution is -1.75. The Balaban J connectivity index is 2.62. The molecule has 30 valence electrons. The number of hydrogen-bond acceptors (Lipinski definition) is 3. The van der Waals surface area contributed by atoms with Crippen molar-refractivity contribution in [2.75, 3.05) is 0 Å². The van der Waals surface area contributed by atoms with Crippen LogP contribution in [0.25, 0.3) is 0 Å². The van der Waals surface area contributed by atoms with E-state index >= 15 is 0 Å². The summed E-state index contributed by atoms with van der Waals surface area (Å²) in [5.41, 5.74) is 4.67. The molecule has 0 heterocycles. The Labute approximate surface area is 29.6 Å². The van der Waals surface area contributed by atoms with Crippen LogP contribution in [-0.2, 0) is 4.89 Å². The van der Waals surface area contributed by atoms with Gasteiger partial charge in [-0.05, 0) is 0 Å². The van der Waals surface area contributed by atoms with E-state index in [1.165, 1.54) is 0 Å². The number of rotatable bonds is 1. The minimum atomic E-state index is 0.958. The summed E-state index contributed by atoms with van der Waals surface area (Å²) in [4.78, 5) is 3.39. The fourth-order valence-electron chi connectivity index (χ4n) is 0.0351. The minimum Gasteiger partial charge on any atom is -0.402 e. The lowest BCUT2D eigenvalue weighted by molar-refractivity contribution is -0.186. The van der Waals surface area contributed by atoms with Crippen molar-refractivity contribution >= 4 is 0 Å². The molecule has 0 amide bonds. The summed E-state index contributed by atoms with van der Waals surface area (Å²) in [7, 11) is 0. The SMILES string of the molecule is N/C=C/OO. The molecule has 0 radical (unpaired) electrons. The predicted octanol–water partition coefficient (Wildman–Crippen LogP) is -0.0941. The Morgan fingerprint density at radius 3 is 2.40 bits per heavy atom. The predicted molar refractivity (Wildman–Crippen MR) is 17.0 cm³/mol. The maximum absolute atomic E-state index is 7.40. The van der Waals surface area contributed by atoms with Gasteiger partial charge in [-0.3, -0.25) is 0 Å². The van der Waals surface area contributed by atoms with Gasteiger partial charge in [-0.15, -0.1) is 0 Å². The molecule has 0 bridgehead atoms. The van der Waals surface area contributed by atoms with Gasteiger partial charge in [0.2, 0.25) is 0 Å². The van der Waals surface area contributed by atoms with Gasteiger partial charge in [-0.25, -0.2) is 5.26 Å². The van der Waals surface area contributed by atoms with Crippen molar-refractivity contribution in [3.05, 3.63) is 12.5 Å². The molecule has 0 aliphatic heterocycles. The average Bonchev–Trinajstić information content (AvgIpc) is 1.41. The highest BCUT2D eigenvalue weighted by Crippen LogP contribution is 1.56. The van der Waals surface area contributed by atoms with Gasteiger partial charge in [0.05, 0.1) is 0 Å². The molecule has 0 saturated heterocycles. The van der Waals surface area contributed by atoms with E-state index < -0.39 is 0 Å². The lowest BCUT2D eigenvalue weighted by Gasteiger charge is -1.73. The van der Waals surface area contributed by atoms with Gasteiger partial charge in [0.1, 0.15) is 6.26 Å². The van der Waals surface area contributed by atoms with E-state index in [0.29, 0.717) is 0 Å². The third-order valence-corrected chi connectivity index (χ3v) is 0.139. The lowest BCUT2D eigenvalue weighted by atomic mass is 11.0. The van der Waals surface area contributed by atoms with Crippen molar-refractivity contribution in [2.45, 2.75) is 0 Å². The summed E-state index contributed by atoms with van der Waals surface area (Å²) in [6, 6.07) is 0. The Hall–Kier alpha value is -0.700. The molecule has 0 fully saturated rings. The second kappa shape index (κ2) is 3.30. The minimum absolute atomic E-state index is 0.958. The van der Waals surface area contributed by atoms with Gasteiger partial charge in [0.15, 0.2) is 0 Å².